The number of amides is 1. The summed E-state index contributed by atoms with van der Waals surface area (Å²) in [6.45, 7) is 0.241. The molecule has 1 N–H and O–H groups in total. The number of sulfone groups is 1. The number of nitriles is 1. The molecule has 0 radical (unpaired) electrons. The molecule has 1 amide bonds. The quantitative estimate of drug-likeness (QED) is 0.253. The Labute approximate surface area is 231 Å². The molecule has 40 heavy (non-hydrogen) atoms. The second-order valence-electron chi connectivity index (χ2n) is 9.40. The van der Waals surface area contributed by atoms with E-state index in [2.05, 4.69) is 5.32 Å². The second kappa shape index (κ2) is 11.6. The molecule has 2 heterocycles. The van der Waals surface area contributed by atoms with E-state index in [-0.39, 0.29) is 29.5 Å². The van der Waals surface area contributed by atoms with E-state index < -0.39 is 21.8 Å². The van der Waals surface area contributed by atoms with Crippen LogP contribution in [0.15, 0.2) is 90.6 Å². The number of ether oxygens (including phenoxy) is 1. The molecule has 1 fully saturated rings. The van der Waals surface area contributed by atoms with Gasteiger partial charge in [0.2, 0.25) is 0 Å². The first-order chi connectivity index (χ1) is 19.3. The fourth-order valence-electron chi connectivity index (χ4n) is 4.39. The van der Waals surface area contributed by atoms with Gasteiger partial charge in [-0.1, -0.05) is 42.5 Å². The Morgan fingerprint density at radius 3 is 2.60 bits per heavy atom. The van der Waals surface area contributed by atoms with Crippen molar-refractivity contribution >= 4 is 21.8 Å². The third-order valence-electron chi connectivity index (χ3n) is 6.42. The van der Waals surface area contributed by atoms with E-state index in [0.29, 0.717) is 29.0 Å². The summed E-state index contributed by atoms with van der Waals surface area (Å²) in [6, 6.07) is 24.1. The van der Waals surface area contributed by atoms with Gasteiger partial charge < -0.3 is 10.1 Å². The molecule has 1 unspecified atom stereocenters. The highest BCUT2D eigenvalue weighted by Crippen LogP contribution is 2.29. The highest BCUT2D eigenvalue weighted by molar-refractivity contribution is 7.91. The number of hydrogen-bond acceptors (Lipinski definition) is 6. The Balaban J connectivity index is 1.46. The molecule has 4 aromatic rings. The summed E-state index contributed by atoms with van der Waals surface area (Å²) in [4.78, 5) is 12.9. The molecule has 1 aliphatic rings. The zero-order valence-electron chi connectivity index (χ0n) is 21.3. The van der Waals surface area contributed by atoms with E-state index in [9.17, 15) is 22.9 Å². The smallest absolute Gasteiger partial charge is 0.262 e. The van der Waals surface area contributed by atoms with Crippen LogP contribution in [0.25, 0.3) is 23.0 Å². The predicted octanol–water partition coefficient (Wildman–Crippen LogP) is 4.47. The molecular weight excluding hydrogens is 531 g/mol. The Hall–Kier alpha value is -4.75. The number of nitrogens with one attached hydrogen (secondary N) is 1. The van der Waals surface area contributed by atoms with Crippen LogP contribution in [-0.2, 0) is 21.2 Å². The Kier molecular flexibility index (Phi) is 7.75. The molecule has 1 aromatic heterocycles. The zero-order valence-corrected chi connectivity index (χ0v) is 22.1. The van der Waals surface area contributed by atoms with Gasteiger partial charge in [-0.25, -0.2) is 17.5 Å². The molecular formula is C30H25FN4O4S. The third-order valence-corrected chi connectivity index (χ3v) is 8.19. The molecule has 0 saturated carbocycles. The Morgan fingerprint density at radius 2 is 1.90 bits per heavy atom. The second-order valence-corrected chi connectivity index (χ2v) is 11.6. The van der Waals surface area contributed by atoms with Crippen molar-refractivity contribution in [3.05, 3.63) is 108 Å². The summed E-state index contributed by atoms with van der Waals surface area (Å²) in [5, 5.41) is 17.2. The van der Waals surface area contributed by atoms with E-state index in [1.54, 1.807) is 35.1 Å². The van der Waals surface area contributed by atoms with Crippen molar-refractivity contribution in [1.29, 1.82) is 5.26 Å². The summed E-state index contributed by atoms with van der Waals surface area (Å²) in [7, 11) is -3.19. The number of carbonyl (C=O) groups is 1. The Morgan fingerprint density at radius 1 is 1.12 bits per heavy atom. The average molecular weight is 557 g/mol. The first kappa shape index (κ1) is 26.8. The lowest BCUT2D eigenvalue weighted by atomic mass is 10.1. The van der Waals surface area contributed by atoms with Gasteiger partial charge in [-0.05, 0) is 54.5 Å². The lowest BCUT2D eigenvalue weighted by Gasteiger charge is -2.10. The molecule has 8 nitrogen and oxygen atoms in total. The van der Waals surface area contributed by atoms with Gasteiger partial charge in [0.05, 0.1) is 17.2 Å². The minimum atomic E-state index is -3.19. The number of rotatable bonds is 8. The first-order valence-electron chi connectivity index (χ1n) is 12.6. The van der Waals surface area contributed by atoms with E-state index in [1.165, 1.54) is 18.2 Å². The maximum Gasteiger partial charge on any atom is 0.262 e. The van der Waals surface area contributed by atoms with Gasteiger partial charge in [-0.2, -0.15) is 10.4 Å². The number of hydrogen-bond donors (Lipinski definition) is 1. The number of carbonyl (C=O) groups excluding carboxylic acids is 1. The minimum Gasteiger partial charge on any atom is -0.489 e. The van der Waals surface area contributed by atoms with Gasteiger partial charge in [-0.15, -0.1) is 0 Å². The van der Waals surface area contributed by atoms with Crippen molar-refractivity contribution in [1.82, 2.24) is 15.1 Å². The molecule has 10 heteroatoms. The monoisotopic (exact) mass is 556 g/mol. The maximum absolute atomic E-state index is 13.2. The molecule has 0 aliphatic carbocycles. The minimum absolute atomic E-state index is 0.0110. The Bertz CT molecular complexity index is 1710. The number of benzene rings is 3. The van der Waals surface area contributed by atoms with Gasteiger partial charge in [0.1, 0.15) is 35.5 Å². The molecule has 1 aliphatic heterocycles. The van der Waals surface area contributed by atoms with Crippen LogP contribution < -0.4 is 10.1 Å². The fourth-order valence-corrected chi connectivity index (χ4v) is 6.06. The summed E-state index contributed by atoms with van der Waals surface area (Å²) in [6.07, 6.45) is 3.49. The van der Waals surface area contributed by atoms with Gasteiger partial charge >= 0.3 is 0 Å². The van der Waals surface area contributed by atoms with Crippen LogP contribution in [0, 0.1) is 17.1 Å². The van der Waals surface area contributed by atoms with Crippen LogP contribution >= 0.6 is 0 Å². The summed E-state index contributed by atoms with van der Waals surface area (Å²) >= 11 is 0. The average Bonchev–Trinajstić information content (AvgIpc) is 3.54. The molecule has 0 bridgehead atoms. The highest BCUT2D eigenvalue weighted by Gasteiger charge is 2.29. The van der Waals surface area contributed by atoms with Crippen molar-refractivity contribution in [3.63, 3.8) is 0 Å². The number of para-hydroxylation sites is 1. The van der Waals surface area contributed by atoms with Crippen LogP contribution in [0.3, 0.4) is 0 Å². The summed E-state index contributed by atoms with van der Waals surface area (Å²) in [5.41, 5.74) is 3.15. The molecule has 202 valence electrons. The SMILES string of the molecule is N#CC(=Cc1cn(-c2ccccc2)nc1-c1cccc(OCc2ccc(F)cc2)c1)C(=O)NC1CCS(=O)(=O)C1. The van der Waals surface area contributed by atoms with Crippen molar-refractivity contribution < 1.29 is 22.3 Å². The number of aromatic nitrogens is 2. The van der Waals surface area contributed by atoms with Crippen LogP contribution in [0.1, 0.15) is 17.5 Å². The van der Waals surface area contributed by atoms with Crippen molar-refractivity contribution in [2.24, 2.45) is 0 Å². The number of halogens is 1. The van der Waals surface area contributed by atoms with E-state index in [1.807, 2.05) is 48.5 Å². The highest BCUT2D eigenvalue weighted by atomic mass is 32.2. The van der Waals surface area contributed by atoms with Gasteiger partial charge in [0.15, 0.2) is 9.84 Å². The number of nitrogens with zero attached hydrogens (tertiary/aromatic N) is 3. The van der Waals surface area contributed by atoms with Crippen molar-refractivity contribution in [2.75, 3.05) is 11.5 Å². The zero-order chi connectivity index (χ0) is 28.1. The molecule has 5 rings (SSSR count). The summed E-state index contributed by atoms with van der Waals surface area (Å²) < 4.78 is 44.4. The summed E-state index contributed by atoms with van der Waals surface area (Å²) in [5.74, 6) is -0.527. The lowest BCUT2D eigenvalue weighted by Crippen LogP contribution is -2.36. The van der Waals surface area contributed by atoms with E-state index in [4.69, 9.17) is 9.84 Å². The van der Waals surface area contributed by atoms with Gasteiger partial charge in [-0.3, -0.25) is 4.79 Å². The third kappa shape index (κ3) is 6.45. The standard InChI is InChI=1S/C30H25FN4O4S/c31-25-11-9-21(10-12-25)19-39-28-8-4-5-22(16-28)29-24(18-35(34-29)27-6-2-1-3-7-27)15-23(17-32)30(36)33-26-13-14-40(37,38)20-26/h1-12,15-16,18,26H,13-14,19-20H2,(H,33,36). The first-order valence-corrected chi connectivity index (χ1v) is 14.4. The fraction of sp³-hybridized carbons (Fsp3) is 0.167. The van der Waals surface area contributed by atoms with Crippen LogP contribution in [0.2, 0.25) is 0 Å². The predicted molar refractivity (Wildman–Crippen MR) is 149 cm³/mol. The van der Waals surface area contributed by atoms with Crippen molar-refractivity contribution in [3.8, 4) is 28.8 Å². The van der Waals surface area contributed by atoms with Crippen LogP contribution in [-0.4, -0.2) is 41.7 Å². The molecule has 3 aromatic carbocycles. The molecule has 1 atom stereocenters. The van der Waals surface area contributed by atoms with Crippen molar-refractivity contribution in [2.45, 2.75) is 19.1 Å². The maximum atomic E-state index is 13.2. The van der Waals surface area contributed by atoms with Gasteiger partial charge in [0.25, 0.3) is 5.91 Å². The van der Waals surface area contributed by atoms with E-state index >= 15 is 0 Å². The lowest BCUT2D eigenvalue weighted by molar-refractivity contribution is -0.117. The molecule has 1 saturated heterocycles. The largest absolute Gasteiger partial charge is 0.489 e. The normalized spacial score (nSPS) is 16.3. The van der Waals surface area contributed by atoms with Crippen LogP contribution in [0.4, 0.5) is 4.39 Å². The van der Waals surface area contributed by atoms with E-state index in [0.717, 1.165) is 11.3 Å². The molecule has 0 spiro atoms. The van der Waals surface area contributed by atoms with Gasteiger partial charge in [0, 0.05) is 23.4 Å². The van der Waals surface area contributed by atoms with Crippen LogP contribution in [0.5, 0.6) is 5.75 Å². The topological polar surface area (TPSA) is 114 Å².